The van der Waals surface area contributed by atoms with Gasteiger partial charge in [-0.1, -0.05) is 39.8 Å². The van der Waals surface area contributed by atoms with Gasteiger partial charge < -0.3 is 14.4 Å². The second kappa shape index (κ2) is 8.94. The Kier molecular flexibility index (Phi) is 6.24. The fourth-order valence-corrected chi connectivity index (χ4v) is 4.40. The number of anilines is 1. The highest BCUT2D eigenvalue weighted by Crippen LogP contribution is 2.38. The first-order valence-corrected chi connectivity index (χ1v) is 11.9. The minimum absolute atomic E-state index is 0.0294. The van der Waals surface area contributed by atoms with Gasteiger partial charge in [0.15, 0.2) is 6.10 Å². The molecule has 0 saturated heterocycles. The van der Waals surface area contributed by atoms with Gasteiger partial charge in [-0.25, -0.2) is 4.98 Å². The summed E-state index contributed by atoms with van der Waals surface area (Å²) in [6.45, 7) is 11.4. The molecule has 0 aliphatic carbocycles. The molecule has 4 rings (SSSR count). The molecule has 0 bridgehead atoms. The van der Waals surface area contributed by atoms with Crippen LogP contribution in [0.1, 0.15) is 44.7 Å². The average molecular weight is 451 g/mol. The Morgan fingerprint density at radius 1 is 1.16 bits per heavy atom. The first-order valence-electron chi connectivity index (χ1n) is 11.0. The Morgan fingerprint density at radius 3 is 2.53 bits per heavy atom. The predicted octanol–water partition coefficient (Wildman–Crippen LogP) is 6.00. The first kappa shape index (κ1) is 22.3. The number of thiazole rings is 1. The number of fused-ring (bicyclic) bond motifs is 1. The maximum atomic E-state index is 13.1. The molecule has 1 atom stereocenters. The van der Waals surface area contributed by atoms with Crippen molar-refractivity contribution in [3.8, 4) is 22.8 Å². The quantitative estimate of drug-likeness (QED) is 0.462. The topological polar surface area (TPSA) is 51.7 Å². The van der Waals surface area contributed by atoms with E-state index in [2.05, 4.69) is 37.9 Å². The summed E-state index contributed by atoms with van der Waals surface area (Å²) in [4.78, 5) is 19.5. The van der Waals surface area contributed by atoms with Crippen molar-refractivity contribution in [3.63, 3.8) is 0 Å². The van der Waals surface area contributed by atoms with Crippen molar-refractivity contribution < 1.29 is 14.3 Å². The van der Waals surface area contributed by atoms with E-state index in [0.29, 0.717) is 19.6 Å². The van der Waals surface area contributed by atoms with Crippen LogP contribution in [-0.4, -0.2) is 30.1 Å². The average Bonchev–Trinajstić information content (AvgIpc) is 3.20. The number of aryl methyl sites for hydroxylation is 1. The summed E-state index contributed by atoms with van der Waals surface area (Å²) in [5.41, 5.74) is 4.02. The van der Waals surface area contributed by atoms with Crippen LogP contribution in [0.2, 0.25) is 0 Å². The van der Waals surface area contributed by atoms with Gasteiger partial charge in [-0.3, -0.25) is 4.79 Å². The summed E-state index contributed by atoms with van der Waals surface area (Å²) in [5, 5.41) is 3.05. The maximum absolute atomic E-state index is 13.1. The zero-order chi connectivity index (χ0) is 22.9. The van der Waals surface area contributed by atoms with Gasteiger partial charge >= 0.3 is 0 Å². The third-order valence-corrected chi connectivity index (χ3v) is 6.42. The number of carbonyl (C=O) groups is 1. The molecule has 1 aliphatic rings. The normalized spacial score (nSPS) is 16.0. The summed E-state index contributed by atoms with van der Waals surface area (Å²) in [7, 11) is 0. The molecule has 6 heteroatoms. The lowest BCUT2D eigenvalue weighted by Gasteiger charge is -2.34. The molecular formula is C26H30N2O3S. The van der Waals surface area contributed by atoms with Crippen molar-refractivity contribution in [1.82, 2.24) is 4.98 Å². The number of carbonyl (C=O) groups excluding carboxylic acids is 1. The van der Waals surface area contributed by atoms with Gasteiger partial charge in [0.25, 0.3) is 5.91 Å². The third-order valence-electron chi connectivity index (χ3n) is 5.65. The lowest BCUT2D eigenvalue weighted by atomic mass is 9.87. The van der Waals surface area contributed by atoms with Crippen molar-refractivity contribution in [2.45, 2.75) is 52.6 Å². The van der Waals surface area contributed by atoms with Crippen molar-refractivity contribution in [2.24, 2.45) is 0 Å². The minimum Gasteiger partial charge on any atom is -0.492 e. The van der Waals surface area contributed by atoms with Crippen LogP contribution >= 0.6 is 11.3 Å². The number of amides is 1. The summed E-state index contributed by atoms with van der Waals surface area (Å²) in [5.74, 6) is 1.50. The predicted molar refractivity (Wildman–Crippen MR) is 130 cm³/mol. The van der Waals surface area contributed by atoms with E-state index < -0.39 is 6.10 Å². The first-order chi connectivity index (χ1) is 15.3. The molecule has 0 spiro atoms. The smallest absolute Gasteiger partial charge is 0.268 e. The summed E-state index contributed by atoms with van der Waals surface area (Å²) in [6.07, 6.45) is 0.151. The van der Waals surface area contributed by atoms with E-state index in [4.69, 9.17) is 9.47 Å². The zero-order valence-corrected chi connectivity index (χ0v) is 20.2. The van der Waals surface area contributed by atoms with E-state index in [-0.39, 0.29) is 11.3 Å². The van der Waals surface area contributed by atoms with Gasteiger partial charge in [0.1, 0.15) is 18.1 Å². The van der Waals surface area contributed by atoms with Crippen molar-refractivity contribution in [2.75, 3.05) is 18.1 Å². The molecule has 1 aliphatic heterocycles. The van der Waals surface area contributed by atoms with E-state index in [9.17, 15) is 4.79 Å². The molecule has 0 radical (unpaired) electrons. The molecule has 5 nitrogen and oxygen atoms in total. The molecule has 2 heterocycles. The molecule has 1 amide bonds. The molecule has 168 valence electrons. The standard InChI is InChI=1S/C26H30N2O3S/c1-6-23-25(29)28(13-14-30-20-10-8-19(9-11-20)26(3,4)5)22-15-18(7-12-24(22)31-23)21-16-32-17(2)27-21/h7-12,15-16,23H,6,13-14H2,1-5H3. The molecular weight excluding hydrogens is 420 g/mol. The van der Waals surface area contributed by atoms with Crippen molar-refractivity contribution >= 4 is 22.9 Å². The molecule has 1 aromatic heterocycles. The van der Waals surface area contributed by atoms with Crippen LogP contribution in [-0.2, 0) is 10.2 Å². The van der Waals surface area contributed by atoms with Crippen LogP contribution in [0.5, 0.6) is 11.5 Å². The van der Waals surface area contributed by atoms with E-state index in [1.807, 2.05) is 49.6 Å². The lowest BCUT2D eigenvalue weighted by Crippen LogP contribution is -2.47. The molecule has 2 aromatic carbocycles. The van der Waals surface area contributed by atoms with Gasteiger partial charge in [0.05, 0.1) is 22.9 Å². The number of aromatic nitrogens is 1. The van der Waals surface area contributed by atoms with Gasteiger partial charge in [0, 0.05) is 10.9 Å². The van der Waals surface area contributed by atoms with E-state index >= 15 is 0 Å². The number of benzene rings is 2. The summed E-state index contributed by atoms with van der Waals surface area (Å²) < 4.78 is 12.0. The molecule has 0 fully saturated rings. The van der Waals surface area contributed by atoms with Gasteiger partial charge in [-0.15, -0.1) is 11.3 Å². The third kappa shape index (κ3) is 4.65. The highest BCUT2D eigenvalue weighted by atomic mass is 32.1. The Bertz CT molecular complexity index is 1100. The zero-order valence-electron chi connectivity index (χ0n) is 19.3. The largest absolute Gasteiger partial charge is 0.492 e. The van der Waals surface area contributed by atoms with Crippen LogP contribution in [0.4, 0.5) is 5.69 Å². The number of hydrogen-bond acceptors (Lipinski definition) is 5. The summed E-state index contributed by atoms with van der Waals surface area (Å²) in [6, 6.07) is 14.1. The summed E-state index contributed by atoms with van der Waals surface area (Å²) >= 11 is 1.61. The van der Waals surface area contributed by atoms with E-state index in [0.717, 1.165) is 33.5 Å². The highest BCUT2D eigenvalue weighted by Gasteiger charge is 2.33. The minimum atomic E-state index is -0.471. The van der Waals surface area contributed by atoms with E-state index in [1.165, 1.54) is 5.56 Å². The Morgan fingerprint density at radius 2 is 1.91 bits per heavy atom. The van der Waals surface area contributed by atoms with Gasteiger partial charge in [0.2, 0.25) is 0 Å². The van der Waals surface area contributed by atoms with Crippen LogP contribution in [0.25, 0.3) is 11.3 Å². The number of ether oxygens (including phenoxy) is 2. The van der Waals surface area contributed by atoms with Crippen LogP contribution in [0, 0.1) is 6.92 Å². The molecule has 0 N–H and O–H groups in total. The van der Waals surface area contributed by atoms with Crippen LogP contribution in [0.3, 0.4) is 0 Å². The molecule has 1 unspecified atom stereocenters. The Balaban J connectivity index is 1.53. The van der Waals surface area contributed by atoms with Crippen molar-refractivity contribution in [3.05, 3.63) is 58.4 Å². The van der Waals surface area contributed by atoms with Gasteiger partial charge in [-0.2, -0.15) is 0 Å². The fraction of sp³-hybridized carbons (Fsp3) is 0.385. The lowest BCUT2D eigenvalue weighted by molar-refractivity contribution is -0.126. The Hall–Kier alpha value is -2.86. The second-order valence-corrected chi connectivity index (χ2v) is 10.1. The fourth-order valence-electron chi connectivity index (χ4n) is 3.77. The highest BCUT2D eigenvalue weighted by molar-refractivity contribution is 7.09. The van der Waals surface area contributed by atoms with Crippen LogP contribution < -0.4 is 14.4 Å². The maximum Gasteiger partial charge on any atom is 0.268 e. The van der Waals surface area contributed by atoms with Gasteiger partial charge in [-0.05, 0) is 54.7 Å². The Labute approximate surface area is 194 Å². The number of nitrogens with zero attached hydrogens (tertiary/aromatic N) is 2. The van der Waals surface area contributed by atoms with E-state index in [1.54, 1.807) is 16.2 Å². The van der Waals surface area contributed by atoms with Crippen LogP contribution in [0.15, 0.2) is 47.8 Å². The number of hydrogen-bond donors (Lipinski definition) is 0. The number of rotatable bonds is 6. The van der Waals surface area contributed by atoms with Crippen molar-refractivity contribution in [1.29, 1.82) is 0 Å². The molecule has 0 saturated carbocycles. The molecule has 3 aromatic rings. The SMILES string of the molecule is CCC1Oc2ccc(-c3csc(C)n3)cc2N(CCOc2ccc(C(C)(C)C)cc2)C1=O. The molecule has 32 heavy (non-hydrogen) atoms. The second-order valence-electron chi connectivity index (χ2n) is 9.06. The monoisotopic (exact) mass is 450 g/mol.